The Morgan fingerprint density at radius 2 is 2.05 bits per heavy atom. The lowest BCUT2D eigenvalue weighted by Gasteiger charge is -2.32. The smallest absolute Gasteiger partial charge is 0.260 e. The fraction of sp³-hybridized carbons (Fsp3) is 0.429. The zero-order chi connectivity index (χ0) is 15.4. The fourth-order valence-electron chi connectivity index (χ4n) is 2.15. The van der Waals surface area contributed by atoms with Crippen LogP contribution in [0.3, 0.4) is 0 Å². The number of amides is 1. The second-order valence-electron chi connectivity index (χ2n) is 4.95. The summed E-state index contributed by atoms with van der Waals surface area (Å²) in [7, 11) is 2.04. The number of nitrogens with zero attached hydrogens (tertiary/aromatic N) is 2. The number of thiocarbonyl (C=S) groups is 1. The van der Waals surface area contributed by atoms with Gasteiger partial charge in [0.05, 0.1) is 10.6 Å². The van der Waals surface area contributed by atoms with E-state index in [0.717, 1.165) is 26.2 Å². The first-order valence-corrected chi connectivity index (χ1v) is 7.45. The summed E-state index contributed by atoms with van der Waals surface area (Å²) >= 11 is 11.0. The van der Waals surface area contributed by atoms with E-state index in [-0.39, 0.29) is 17.5 Å². The third-order valence-electron chi connectivity index (χ3n) is 3.43. The molecule has 0 atom stereocenters. The zero-order valence-electron chi connectivity index (χ0n) is 11.8. The number of rotatable bonds is 4. The Balaban J connectivity index is 1.98. The summed E-state index contributed by atoms with van der Waals surface area (Å²) in [5, 5.41) is 0.423. The zero-order valence-corrected chi connectivity index (χ0v) is 13.4. The lowest BCUT2D eigenvalue weighted by molar-refractivity contribution is -0.134. The Kier molecular flexibility index (Phi) is 5.39. The highest BCUT2D eigenvalue weighted by Gasteiger charge is 2.20. The number of piperazine rings is 1. The second-order valence-corrected chi connectivity index (χ2v) is 5.80. The largest absolute Gasteiger partial charge is 0.483 e. The van der Waals surface area contributed by atoms with Gasteiger partial charge in [0.15, 0.2) is 6.61 Å². The van der Waals surface area contributed by atoms with E-state index in [9.17, 15) is 4.79 Å². The van der Waals surface area contributed by atoms with Crippen LogP contribution in [0.4, 0.5) is 0 Å². The highest BCUT2D eigenvalue weighted by molar-refractivity contribution is 7.80. The molecular weight excluding hydrogens is 310 g/mol. The molecule has 0 bridgehead atoms. The van der Waals surface area contributed by atoms with Crippen molar-refractivity contribution >= 4 is 34.7 Å². The van der Waals surface area contributed by atoms with Crippen LogP contribution in [-0.2, 0) is 4.79 Å². The van der Waals surface area contributed by atoms with Crippen LogP contribution in [0.15, 0.2) is 18.2 Å². The summed E-state index contributed by atoms with van der Waals surface area (Å²) in [5.74, 6) is 0.398. The molecule has 2 rings (SSSR count). The molecule has 5 nitrogen and oxygen atoms in total. The molecule has 1 aromatic rings. The van der Waals surface area contributed by atoms with Gasteiger partial charge in [0.25, 0.3) is 5.91 Å². The van der Waals surface area contributed by atoms with E-state index in [0.29, 0.717) is 16.3 Å². The number of hydrogen-bond donors (Lipinski definition) is 1. The molecule has 1 aromatic carbocycles. The summed E-state index contributed by atoms with van der Waals surface area (Å²) < 4.78 is 5.56. The fourth-order valence-corrected chi connectivity index (χ4v) is 2.68. The van der Waals surface area contributed by atoms with Gasteiger partial charge in [-0.2, -0.15) is 0 Å². The maximum absolute atomic E-state index is 12.1. The van der Waals surface area contributed by atoms with Crippen molar-refractivity contribution in [3.05, 3.63) is 28.8 Å². The molecule has 0 aliphatic carbocycles. The highest BCUT2D eigenvalue weighted by atomic mass is 35.5. The average Bonchev–Trinajstić information content (AvgIpc) is 2.45. The van der Waals surface area contributed by atoms with Crippen molar-refractivity contribution in [3.63, 3.8) is 0 Å². The molecule has 0 unspecified atom stereocenters. The molecule has 21 heavy (non-hydrogen) atoms. The molecule has 1 aliphatic heterocycles. The van der Waals surface area contributed by atoms with Crippen molar-refractivity contribution in [2.24, 2.45) is 5.73 Å². The molecule has 0 radical (unpaired) electrons. The lowest BCUT2D eigenvalue weighted by Crippen LogP contribution is -2.48. The number of nitrogens with two attached hydrogens (primary N) is 1. The number of likely N-dealkylation sites (N-methyl/N-ethyl adjacent to an activating group) is 1. The van der Waals surface area contributed by atoms with Crippen LogP contribution < -0.4 is 10.5 Å². The summed E-state index contributed by atoms with van der Waals surface area (Å²) in [4.78, 5) is 16.3. The monoisotopic (exact) mass is 327 g/mol. The number of halogens is 1. The van der Waals surface area contributed by atoms with Gasteiger partial charge in [0.1, 0.15) is 10.7 Å². The van der Waals surface area contributed by atoms with Crippen LogP contribution in [0.5, 0.6) is 5.75 Å². The van der Waals surface area contributed by atoms with Gasteiger partial charge in [-0.15, -0.1) is 0 Å². The first-order chi connectivity index (χ1) is 9.99. The predicted octanol–water partition coefficient (Wildman–Crippen LogP) is 1.13. The van der Waals surface area contributed by atoms with E-state index < -0.39 is 0 Å². The van der Waals surface area contributed by atoms with Crippen molar-refractivity contribution < 1.29 is 9.53 Å². The van der Waals surface area contributed by atoms with Crippen molar-refractivity contribution in [1.29, 1.82) is 0 Å². The van der Waals surface area contributed by atoms with Gasteiger partial charge in [0.2, 0.25) is 0 Å². The van der Waals surface area contributed by atoms with E-state index in [1.165, 1.54) is 0 Å². The minimum absolute atomic E-state index is 0.0420. The van der Waals surface area contributed by atoms with Crippen LogP contribution in [0.25, 0.3) is 0 Å². The van der Waals surface area contributed by atoms with Crippen LogP contribution in [0, 0.1) is 0 Å². The van der Waals surface area contributed by atoms with E-state index in [1.54, 1.807) is 23.1 Å². The highest BCUT2D eigenvalue weighted by Crippen LogP contribution is 2.26. The Hall–Kier alpha value is -1.37. The number of ether oxygens (including phenoxy) is 1. The van der Waals surface area contributed by atoms with Crippen LogP contribution >= 0.6 is 23.8 Å². The molecule has 0 aromatic heterocycles. The van der Waals surface area contributed by atoms with Gasteiger partial charge in [-0.1, -0.05) is 29.9 Å². The summed E-state index contributed by atoms with van der Waals surface area (Å²) in [6.07, 6.45) is 0. The normalized spacial score (nSPS) is 15.8. The molecule has 1 heterocycles. The van der Waals surface area contributed by atoms with Crippen molar-refractivity contribution in [2.75, 3.05) is 39.8 Å². The van der Waals surface area contributed by atoms with Gasteiger partial charge in [-0.25, -0.2) is 0 Å². The Morgan fingerprint density at radius 3 is 2.67 bits per heavy atom. The molecule has 1 fully saturated rings. The van der Waals surface area contributed by atoms with Crippen LogP contribution in [-0.4, -0.2) is 60.5 Å². The van der Waals surface area contributed by atoms with E-state index in [1.807, 2.05) is 7.05 Å². The summed E-state index contributed by atoms with van der Waals surface area (Å²) in [5.41, 5.74) is 6.12. The van der Waals surface area contributed by atoms with E-state index in [2.05, 4.69) is 4.90 Å². The first kappa shape index (κ1) is 16.0. The number of carbonyl (C=O) groups is 1. The number of carbonyl (C=O) groups excluding carboxylic acids is 1. The first-order valence-electron chi connectivity index (χ1n) is 6.66. The third-order valence-corrected chi connectivity index (χ3v) is 3.95. The number of benzene rings is 1. The maximum Gasteiger partial charge on any atom is 0.260 e. The van der Waals surface area contributed by atoms with Gasteiger partial charge in [0, 0.05) is 26.2 Å². The molecule has 0 saturated carbocycles. The Bertz CT molecular complexity index is 545. The van der Waals surface area contributed by atoms with Crippen molar-refractivity contribution in [1.82, 2.24) is 9.80 Å². The van der Waals surface area contributed by atoms with E-state index in [4.69, 9.17) is 34.3 Å². The average molecular weight is 328 g/mol. The minimum atomic E-state index is -0.0445. The van der Waals surface area contributed by atoms with Gasteiger partial charge in [-0.3, -0.25) is 4.79 Å². The Morgan fingerprint density at radius 1 is 1.38 bits per heavy atom. The molecule has 7 heteroatoms. The quantitative estimate of drug-likeness (QED) is 0.840. The minimum Gasteiger partial charge on any atom is -0.483 e. The van der Waals surface area contributed by atoms with Crippen molar-refractivity contribution in [2.45, 2.75) is 0 Å². The topological polar surface area (TPSA) is 58.8 Å². The molecule has 0 spiro atoms. The molecule has 1 saturated heterocycles. The summed E-state index contributed by atoms with van der Waals surface area (Å²) in [6, 6.07) is 5.13. The standard InChI is InChI=1S/C14H18ClN3O2S/c1-17-5-7-18(8-6-17)12(19)9-20-11-4-2-3-10(15)13(11)14(16)21/h2-4H,5-9H2,1H3,(H2,16,21). The van der Waals surface area contributed by atoms with Gasteiger partial charge >= 0.3 is 0 Å². The van der Waals surface area contributed by atoms with Gasteiger partial charge < -0.3 is 20.3 Å². The van der Waals surface area contributed by atoms with E-state index >= 15 is 0 Å². The van der Waals surface area contributed by atoms with Crippen molar-refractivity contribution in [3.8, 4) is 5.75 Å². The molecular formula is C14H18ClN3O2S. The molecule has 114 valence electrons. The lowest BCUT2D eigenvalue weighted by atomic mass is 10.2. The maximum atomic E-state index is 12.1. The Labute approximate surface area is 134 Å². The number of hydrogen-bond acceptors (Lipinski definition) is 4. The van der Waals surface area contributed by atoms with Crippen LogP contribution in [0.1, 0.15) is 5.56 Å². The van der Waals surface area contributed by atoms with Crippen LogP contribution in [0.2, 0.25) is 5.02 Å². The molecule has 2 N–H and O–H groups in total. The van der Waals surface area contributed by atoms with Gasteiger partial charge in [-0.05, 0) is 19.2 Å². The SMILES string of the molecule is CN1CCN(C(=O)COc2cccc(Cl)c2C(N)=S)CC1. The molecule has 1 amide bonds. The predicted molar refractivity (Wildman–Crippen MR) is 86.9 cm³/mol. The second kappa shape index (κ2) is 7.06. The molecule has 1 aliphatic rings. The summed E-state index contributed by atoms with van der Waals surface area (Å²) in [6.45, 7) is 3.15. The third kappa shape index (κ3) is 4.06.